The predicted molar refractivity (Wildman–Crippen MR) is 105 cm³/mol. The maximum Gasteiger partial charge on any atom is 0.258 e. The first-order chi connectivity index (χ1) is 12.5. The van der Waals surface area contributed by atoms with Gasteiger partial charge in [-0.15, -0.1) is 12.4 Å². The Labute approximate surface area is 166 Å². The van der Waals surface area contributed by atoms with Gasteiger partial charge in [-0.05, 0) is 43.7 Å². The maximum absolute atomic E-state index is 13.0. The molecule has 0 radical (unpaired) electrons. The van der Waals surface area contributed by atoms with Gasteiger partial charge < -0.3 is 25.4 Å². The van der Waals surface area contributed by atoms with E-state index < -0.39 is 6.04 Å². The fourth-order valence-electron chi connectivity index (χ4n) is 3.44. The number of carbonyl (C=O) groups is 2. The van der Waals surface area contributed by atoms with Crippen molar-refractivity contribution in [2.45, 2.75) is 37.8 Å². The molecule has 8 heteroatoms. The van der Waals surface area contributed by atoms with Crippen molar-refractivity contribution in [2.75, 3.05) is 27.3 Å². The highest BCUT2D eigenvalue weighted by Gasteiger charge is 2.36. The summed E-state index contributed by atoms with van der Waals surface area (Å²) in [5.74, 6) is 1.26. The van der Waals surface area contributed by atoms with Crippen molar-refractivity contribution in [3.63, 3.8) is 0 Å². The summed E-state index contributed by atoms with van der Waals surface area (Å²) in [6.07, 6.45) is 3.75. The van der Waals surface area contributed by atoms with Gasteiger partial charge >= 0.3 is 0 Å². The number of amides is 2. The van der Waals surface area contributed by atoms with E-state index in [2.05, 4.69) is 5.32 Å². The van der Waals surface area contributed by atoms with E-state index in [1.54, 1.807) is 30.2 Å². The second-order valence-corrected chi connectivity index (χ2v) is 6.97. The second kappa shape index (κ2) is 9.28. The van der Waals surface area contributed by atoms with E-state index in [9.17, 15) is 9.59 Å². The highest BCUT2D eigenvalue weighted by atomic mass is 35.5. The number of nitrogens with zero attached hydrogens (tertiary/aromatic N) is 1. The largest absolute Gasteiger partial charge is 0.497 e. The number of nitrogens with two attached hydrogens (primary N) is 1. The first-order valence-electron chi connectivity index (χ1n) is 9.11. The summed E-state index contributed by atoms with van der Waals surface area (Å²) >= 11 is 0. The van der Waals surface area contributed by atoms with E-state index in [4.69, 9.17) is 15.2 Å². The van der Waals surface area contributed by atoms with Crippen LogP contribution in [0.15, 0.2) is 18.2 Å². The van der Waals surface area contributed by atoms with Crippen LogP contribution in [0.1, 0.15) is 36.0 Å². The van der Waals surface area contributed by atoms with Crippen molar-refractivity contribution in [3.8, 4) is 11.5 Å². The molecule has 1 aliphatic carbocycles. The van der Waals surface area contributed by atoms with Crippen LogP contribution >= 0.6 is 12.4 Å². The molecule has 1 aromatic rings. The van der Waals surface area contributed by atoms with Gasteiger partial charge in [0.2, 0.25) is 5.91 Å². The smallest absolute Gasteiger partial charge is 0.258 e. The molecule has 1 saturated carbocycles. The Balaban J connectivity index is 0.00000261. The monoisotopic (exact) mass is 397 g/mol. The van der Waals surface area contributed by atoms with Crippen molar-refractivity contribution in [1.82, 2.24) is 10.2 Å². The fourth-order valence-corrected chi connectivity index (χ4v) is 3.44. The molecule has 3 rings (SSSR count). The van der Waals surface area contributed by atoms with Crippen molar-refractivity contribution in [1.29, 1.82) is 0 Å². The van der Waals surface area contributed by atoms with Crippen molar-refractivity contribution in [3.05, 3.63) is 23.8 Å². The average Bonchev–Trinajstić information content (AvgIpc) is 3.41. The van der Waals surface area contributed by atoms with Gasteiger partial charge in [0.15, 0.2) is 0 Å². The quantitative estimate of drug-likeness (QED) is 0.728. The summed E-state index contributed by atoms with van der Waals surface area (Å²) in [5, 5.41) is 2.92. The SMILES string of the molecule is COc1ccc(C(=O)N2CCCC2C(=O)NCC(N)C2CC2)c(OC)c1.Cl. The van der Waals surface area contributed by atoms with Gasteiger partial charge in [0.05, 0.1) is 19.8 Å². The lowest BCUT2D eigenvalue weighted by atomic mass is 10.1. The van der Waals surface area contributed by atoms with Gasteiger partial charge in [0.1, 0.15) is 17.5 Å². The van der Waals surface area contributed by atoms with E-state index >= 15 is 0 Å². The number of hydrogen-bond donors (Lipinski definition) is 2. The molecule has 0 bridgehead atoms. The summed E-state index contributed by atoms with van der Waals surface area (Å²) in [7, 11) is 3.07. The van der Waals surface area contributed by atoms with Gasteiger partial charge in [-0.1, -0.05) is 0 Å². The van der Waals surface area contributed by atoms with Gasteiger partial charge in [-0.2, -0.15) is 0 Å². The first-order valence-corrected chi connectivity index (χ1v) is 9.11. The molecule has 2 amide bonds. The van der Waals surface area contributed by atoms with Crippen LogP contribution in [0, 0.1) is 5.92 Å². The van der Waals surface area contributed by atoms with Crippen LogP contribution in [-0.4, -0.2) is 56.1 Å². The Morgan fingerprint density at radius 2 is 2.00 bits per heavy atom. The lowest BCUT2D eigenvalue weighted by Crippen LogP contribution is -2.49. The topological polar surface area (TPSA) is 93.9 Å². The Bertz CT molecular complexity index is 681. The molecule has 1 aromatic carbocycles. The third kappa shape index (κ3) is 4.84. The molecular weight excluding hydrogens is 370 g/mol. The summed E-state index contributed by atoms with van der Waals surface area (Å²) in [6, 6.07) is 4.62. The molecule has 0 spiro atoms. The van der Waals surface area contributed by atoms with Gasteiger partial charge in [-0.3, -0.25) is 9.59 Å². The molecule has 7 nitrogen and oxygen atoms in total. The molecule has 1 heterocycles. The lowest BCUT2D eigenvalue weighted by molar-refractivity contribution is -0.124. The third-order valence-electron chi connectivity index (χ3n) is 5.19. The minimum Gasteiger partial charge on any atom is -0.497 e. The zero-order chi connectivity index (χ0) is 18.7. The molecular formula is C19H28ClN3O4. The fraction of sp³-hybridized carbons (Fsp3) is 0.579. The number of carbonyl (C=O) groups excluding carboxylic acids is 2. The van der Waals surface area contributed by atoms with E-state index in [1.165, 1.54) is 7.11 Å². The number of hydrogen-bond acceptors (Lipinski definition) is 5. The molecule has 2 atom stereocenters. The Morgan fingerprint density at radius 3 is 2.63 bits per heavy atom. The minimum atomic E-state index is -0.458. The molecule has 2 aliphatic rings. The summed E-state index contributed by atoms with van der Waals surface area (Å²) < 4.78 is 10.5. The highest BCUT2D eigenvalue weighted by Crippen LogP contribution is 2.31. The molecule has 3 N–H and O–H groups in total. The highest BCUT2D eigenvalue weighted by molar-refractivity contribution is 6.00. The molecule has 27 heavy (non-hydrogen) atoms. The molecule has 1 aliphatic heterocycles. The van der Waals surface area contributed by atoms with Crippen LogP contribution in [0.5, 0.6) is 11.5 Å². The molecule has 150 valence electrons. The number of benzene rings is 1. The predicted octanol–water partition coefficient (Wildman–Crippen LogP) is 1.58. The molecule has 2 unspecified atom stereocenters. The zero-order valence-electron chi connectivity index (χ0n) is 15.8. The van der Waals surface area contributed by atoms with Crippen LogP contribution < -0.4 is 20.5 Å². The number of ether oxygens (including phenoxy) is 2. The molecule has 1 saturated heterocycles. The molecule has 0 aromatic heterocycles. The lowest BCUT2D eigenvalue weighted by Gasteiger charge is -2.25. The first kappa shape index (κ1) is 21.3. The number of rotatable bonds is 7. The number of nitrogens with one attached hydrogen (secondary N) is 1. The summed E-state index contributed by atoms with van der Waals surface area (Å²) in [4.78, 5) is 27.2. The van der Waals surface area contributed by atoms with Crippen LogP contribution in [0.4, 0.5) is 0 Å². The normalized spacial score (nSPS) is 19.8. The summed E-state index contributed by atoms with van der Waals surface area (Å²) in [5.41, 5.74) is 6.49. The maximum atomic E-state index is 13.0. The third-order valence-corrected chi connectivity index (χ3v) is 5.19. The Kier molecular flexibility index (Phi) is 7.33. The van der Waals surface area contributed by atoms with Gasteiger partial charge in [0.25, 0.3) is 5.91 Å². The number of likely N-dealkylation sites (tertiary alicyclic amines) is 1. The summed E-state index contributed by atoms with van der Waals surface area (Å²) in [6.45, 7) is 1.02. The van der Waals surface area contributed by atoms with Gasteiger partial charge in [-0.25, -0.2) is 0 Å². The van der Waals surface area contributed by atoms with Crippen molar-refractivity contribution < 1.29 is 19.1 Å². The zero-order valence-corrected chi connectivity index (χ0v) is 16.6. The Hall–Kier alpha value is -1.99. The minimum absolute atomic E-state index is 0. The molecule has 2 fully saturated rings. The van der Waals surface area contributed by atoms with Crippen LogP contribution in [0.2, 0.25) is 0 Å². The van der Waals surface area contributed by atoms with Crippen molar-refractivity contribution >= 4 is 24.2 Å². The van der Waals surface area contributed by atoms with E-state index in [0.29, 0.717) is 42.5 Å². The van der Waals surface area contributed by atoms with E-state index in [0.717, 1.165) is 19.3 Å². The van der Waals surface area contributed by atoms with Crippen LogP contribution in [-0.2, 0) is 4.79 Å². The number of halogens is 1. The Morgan fingerprint density at radius 1 is 1.26 bits per heavy atom. The second-order valence-electron chi connectivity index (χ2n) is 6.97. The van der Waals surface area contributed by atoms with E-state index in [-0.39, 0.29) is 30.3 Å². The van der Waals surface area contributed by atoms with Crippen molar-refractivity contribution in [2.24, 2.45) is 11.7 Å². The van der Waals surface area contributed by atoms with Crippen LogP contribution in [0.3, 0.4) is 0 Å². The van der Waals surface area contributed by atoms with E-state index in [1.807, 2.05) is 0 Å². The van der Waals surface area contributed by atoms with Crippen LogP contribution in [0.25, 0.3) is 0 Å². The van der Waals surface area contributed by atoms with Gasteiger partial charge in [0, 0.05) is 25.2 Å². The average molecular weight is 398 g/mol. The number of methoxy groups -OCH3 is 2. The standard InChI is InChI=1S/C19H27N3O4.ClH/c1-25-13-7-8-14(17(10-13)26-2)19(24)22-9-3-4-16(22)18(23)21-11-15(20)12-5-6-12;/h7-8,10,12,15-16H,3-6,9,11,20H2,1-2H3,(H,21,23);1H.